The summed E-state index contributed by atoms with van der Waals surface area (Å²) >= 11 is 5.23. The maximum Gasteiger partial charge on any atom is 0.257 e. The molecule has 2 aromatic carbocycles. The van der Waals surface area contributed by atoms with Gasteiger partial charge in [-0.2, -0.15) is 0 Å². The largest absolute Gasteiger partial charge is 0.494 e. The van der Waals surface area contributed by atoms with Crippen LogP contribution in [0.4, 0.5) is 27.6 Å². The van der Waals surface area contributed by atoms with Crippen molar-refractivity contribution in [3.8, 4) is 5.75 Å². The van der Waals surface area contributed by atoms with Gasteiger partial charge in [0.15, 0.2) is 28.4 Å². The zero-order chi connectivity index (χ0) is 22.7. The standard InChI is InChI=1S/C20H18F5N3O2S/c1-2-30-12-5-3-4-11(10-12)19(29)26-20(31)28-8-6-27(7-9-28)18-16(24)14(22)13(21)15(23)17(18)25/h3-5,10H,2,6-9H2,1H3,(H,26,29,31). The van der Waals surface area contributed by atoms with E-state index >= 15 is 0 Å². The van der Waals surface area contributed by atoms with Crippen LogP contribution < -0.4 is 15.0 Å². The smallest absolute Gasteiger partial charge is 0.257 e. The fourth-order valence-electron chi connectivity index (χ4n) is 3.15. The first-order chi connectivity index (χ1) is 14.7. The molecule has 0 spiro atoms. The van der Waals surface area contributed by atoms with Crippen molar-refractivity contribution < 1.29 is 31.5 Å². The third-order valence-corrected chi connectivity index (χ3v) is 5.06. The van der Waals surface area contributed by atoms with E-state index in [1.807, 2.05) is 6.92 Å². The van der Waals surface area contributed by atoms with Crippen LogP contribution in [0.1, 0.15) is 17.3 Å². The van der Waals surface area contributed by atoms with Crippen LogP contribution in [0.25, 0.3) is 0 Å². The van der Waals surface area contributed by atoms with E-state index in [2.05, 4.69) is 5.32 Å². The van der Waals surface area contributed by atoms with Gasteiger partial charge in [0.25, 0.3) is 5.91 Å². The van der Waals surface area contributed by atoms with Crippen LogP contribution in [-0.2, 0) is 0 Å². The Balaban J connectivity index is 1.64. The molecule has 1 fully saturated rings. The fraction of sp³-hybridized carbons (Fsp3) is 0.300. The molecule has 0 aliphatic carbocycles. The number of carbonyl (C=O) groups excluding carboxylic acids is 1. The lowest BCUT2D eigenvalue weighted by Gasteiger charge is -2.37. The Morgan fingerprint density at radius 3 is 2.16 bits per heavy atom. The summed E-state index contributed by atoms with van der Waals surface area (Å²) in [6.07, 6.45) is 0. The van der Waals surface area contributed by atoms with E-state index < -0.39 is 40.7 Å². The minimum absolute atomic E-state index is 0.0613. The highest BCUT2D eigenvalue weighted by Gasteiger charge is 2.31. The van der Waals surface area contributed by atoms with E-state index in [0.29, 0.717) is 17.9 Å². The Hall–Kier alpha value is -2.95. The number of piperazine rings is 1. The number of halogens is 5. The molecule has 2 aromatic rings. The van der Waals surface area contributed by atoms with Gasteiger partial charge in [-0.15, -0.1) is 0 Å². The van der Waals surface area contributed by atoms with E-state index in [-0.39, 0.29) is 31.3 Å². The summed E-state index contributed by atoms with van der Waals surface area (Å²) in [7, 11) is 0. The predicted octanol–water partition coefficient (Wildman–Crippen LogP) is 3.62. The lowest BCUT2D eigenvalue weighted by atomic mass is 10.2. The number of hydrogen-bond donors (Lipinski definition) is 1. The summed E-state index contributed by atoms with van der Waals surface area (Å²) in [6, 6.07) is 6.51. The first kappa shape index (κ1) is 22.7. The number of amides is 1. The van der Waals surface area contributed by atoms with Crippen LogP contribution in [0.2, 0.25) is 0 Å². The van der Waals surface area contributed by atoms with Gasteiger partial charge < -0.3 is 14.5 Å². The number of nitrogens with zero attached hydrogens (tertiary/aromatic N) is 2. The molecule has 1 aliphatic heterocycles. The van der Waals surface area contributed by atoms with Crippen molar-refractivity contribution in [2.24, 2.45) is 0 Å². The quantitative estimate of drug-likeness (QED) is 0.328. The Labute approximate surface area is 180 Å². The molecular formula is C20H18F5N3O2S. The average molecular weight is 459 g/mol. The van der Waals surface area contributed by atoms with E-state index in [9.17, 15) is 26.7 Å². The highest BCUT2D eigenvalue weighted by atomic mass is 32.1. The van der Waals surface area contributed by atoms with Crippen molar-refractivity contribution in [1.82, 2.24) is 10.2 Å². The van der Waals surface area contributed by atoms with Crippen molar-refractivity contribution in [3.63, 3.8) is 0 Å². The maximum absolute atomic E-state index is 14.0. The molecule has 1 aliphatic rings. The average Bonchev–Trinajstić information content (AvgIpc) is 2.77. The molecule has 166 valence electrons. The second kappa shape index (κ2) is 9.46. The fourth-order valence-corrected chi connectivity index (χ4v) is 3.42. The Kier molecular flexibility index (Phi) is 6.94. The molecule has 0 bridgehead atoms. The highest BCUT2D eigenvalue weighted by Crippen LogP contribution is 2.30. The lowest BCUT2D eigenvalue weighted by Crippen LogP contribution is -2.53. The number of rotatable bonds is 4. The minimum Gasteiger partial charge on any atom is -0.494 e. The molecule has 1 N–H and O–H groups in total. The van der Waals surface area contributed by atoms with Crippen LogP contribution in [-0.4, -0.2) is 48.7 Å². The van der Waals surface area contributed by atoms with Gasteiger partial charge in [-0.05, 0) is 37.3 Å². The van der Waals surface area contributed by atoms with Crippen molar-refractivity contribution in [2.45, 2.75) is 6.92 Å². The molecule has 5 nitrogen and oxygen atoms in total. The number of thiocarbonyl (C=S) groups is 1. The number of carbonyl (C=O) groups is 1. The maximum atomic E-state index is 14.0. The lowest BCUT2D eigenvalue weighted by molar-refractivity contribution is 0.0972. The first-order valence-electron chi connectivity index (χ1n) is 9.34. The summed E-state index contributed by atoms with van der Waals surface area (Å²) in [4.78, 5) is 15.1. The number of hydrogen-bond acceptors (Lipinski definition) is 4. The number of ether oxygens (including phenoxy) is 1. The van der Waals surface area contributed by atoms with Crippen LogP contribution in [0.15, 0.2) is 24.3 Å². The monoisotopic (exact) mass is 459 g/mol. The zero-order valence-corrected chi connectivity index (χ0v) is 17.2. The molecule has 3 rings (SSSR count). The Morgan fingerprint density at radius 1 is 1.00 bits per heavy atom. The normalized spacial score (nSPS) is 13.9. The van der Waals surface area contributed by atoms with Crippen molar-refractivity contribution >= 4 is 28.9 Å². The molecule has 1 saturated heterocycles. The van der Waals surface area contributed by atoms with Crippen LogP contribution >= 0.6 is 12.2 Å². The highest BCUT2D eigenvalue weighted by molar-refractivity contribution is 7.80. The van der Waals surface area contributed by atoms with Crippen molar-refractivity contribution in [3.05, 3.63) is 58.9 Å². The van der Waals surface area contributed by atoms with Gasteiger partial charge in [0.1, 0.15) is 11.4 Å². The first-order valence-corrected chi connectivity index (χ1v) is 9.74. The van der Waals surface area contributed by atoms with Gasteiger partial charge >= 0.3 is 0 Å². The van der Waals surface area contributed by atoms with Gasteiger partial charge in [0.05, 0.1) is 6.61 Å². The topological polar surface area (TPSA) is 44.8 Å². The van der Waals surface area contributed by atoms with Gasteiger partial charge in [-0.1, -0.05) is 6.07 Å². The van der Waals surface area contributed by atoms with Gasteiger partial charge in [0.2, 0.25) is 5.82 Å². The zero-order valence-electron chi connectivity index (χ0n) is 16.4. The van der Waals surface area contributed by atoms with Crippen LogP contribution in [0.3, 0.4) is 0 Å². The summed E-state index contributed by atoms with van der Waals surface area (Å²) in [5.41, 5.74) is -0.646. The van der Waals surface area contributed by atoms with Gasteiger partial charge in [-0.3, -0.25) is 10.1 Å². The summed E-state index contributed by atoms with van der Waals surface area (Å²) < 4.78 is 73.6. The van der Waals surface area contributed by atoms with Gasteiger partial charge in [-0.25, -0.2) is 22.0 Å². The van der Waals surface area contributed by atoms with E-state index in [0.717, 1.165) is 4.90 Å². The summed E-state index contributed by atoms with van der Waals surface area (Å²) in [5.74, 6) is -9.88. The molecule has 31 heavy (non-hydrogen) atoms. The Morgan fingerprint density at radius 2 is 1.58 bits per heavy atom. The number of benzene rings is 2. The predicted molar refractivity (Wildman–Crippen MR) is 108 cm³/mol. The number of nitrogens with one attached hydrogen (secondary N) is 1. The van der Waals surface area contributed by atoms with E-state index in [1.165, 1.54) is 0 Å². The third-order valence-electron chi connectivity index (χ3n) is 4.70. The van der Waals surface area contributed by atoms with Crippen molar-refractivity contribution in [2.75, 3.05) is 37.7 Å². The SMILES string of the molecule is CCOc1cccc(C(=O)NC(=S)N2CCN(c3c(F)c(F)c(F)c(F)c3F)CC2)c1. The van der Waals surface area contributed by atoms with Crippen LogP contribution in [0.5, 0.6) is 5.75 Å². The second-order valence-electron chi connectivity index (χ2n) is 6.61. The molecule has 0 radical (unpaired) electrons. The summed E-state index contributed by atoms with van der Waals surface area (Å²) in [6.45, 7) is 2.35. The molecule has 11 heteroatoms. The van der Waals surface area contributed by atoms with Crippen molar-refractivity contribution in [1.29, 1.82) is 0 Å². The molecule has 0 saturated carbocycles. The molecular weight excluding hydrogens is 441 g/mol. The van der Waals surface area contributed by atoms with Gasteiger partial charge in [0, 0.05) is 31.7 Å². The Bertz CT molecular complexity index is 984. The molecule has 0 unspecified atom stereocenters. The molecule has 0 atom stereocenters. The minimum atomic E-state index is -2.20. The molecule has 1 amide bonds. The molecule has 0 aromatic heterocycles. The summed E-state index contributed by atoms with van der Waals surface area (Å²) in [5, 5.41) is 2.65. The second-order valence-corrected chi connectivity index (χ2v) is 7.00. The molecule has 1 heterocycles. The van der Waals surface area contributed by atoms with Crippen LogP contribution in [0, 0.1) is 29.1 Å². The van der Waals surface area contributed by atoms with E-state index in [4.69, 9.17) is 17.0 Å². The van der Waals surface area contributed by atoms with E-state index in [1.54, 1.807) is 29.2 Å². The number of anilines is 1. The third kappa shape index (κ3) is 4.71.